The average molecular weight is 545 g/mol. The molecule has 2 saturated heterocycles. The molecule has 2 fully saturated rings. The van der Waals surface area contributed by atoms with Gasteiger partial charge in [-0.3, -0.25) is 0 Å². The second-order valence-electron chi connectivity index (χ2n) is 8.46. The Labute approximate surface area is 230 Å². The van der Waals surface area contributed by atoms with Gasteiger partial charge in [0.15, 0.2) is 23.0 Å². The van der Waals surface area contributed by atoms with Crippen LogP contribution in [-0.2, 0) is 9.47 Å². The SMILES string of the molecule is COc1cc(C#N)c(N2CCOCC2)c(C#N)c1OC(=O)Oc1c(OC)cc(C#N)c(N2CCOCC2)c1C#N. The molecule has 13 nitrogen and oxygen atoms in total. The van der Waals surface area contributed by atoms with Crippen LogP contribution in [0.5, 0.6) is 23.0 Å². The molecule has 0 spiro atoms. The van der Waals surface area contributed by atoms with E-state index in [4.69, 9.17) is 28.4 Å². The van der Waals surface area contributed by atoms with Crippen molar-refractivity contribution >= 4 is 17.5 Å². The van der Waals surface area contributed by atoms with Gasteiger partial charge in [-0.15, -0.1) is 0 Å². The summed E-state index contributed by atoms with van der Waals surface area (Å²) < 4.78 is 32.4. The fourth-order valence-electron chi connectivity index (χ4n) is 4.56. The molecule has 2 heterocycles. The number of ether oxygens (including phenoxy) is 6. The highest BCUT2D eigenvalue weighted by molar-refractivity contribution is 5.82. The number of nitriles is 4. The van der Waals surface area contributed by atoms with Crippen LogP contribution in [0, 0.1) is 45.3 Å². The smallest absolute Gasteiger partial charge is 0.493 e. The third-order valence-electron chi connectivity index (χ3n) is 6.37. The average Bonchev–Trinajstić information content (AvgIpc) is 3.00. The summed E-state index contributed by atoms with van der Waals surface area (Å²) in [5, 5.41) is 39.6. The summed E-state index contributed by atoms with van der Waals surface area (Å²) in [6.45, 7) is 3.22. The number of hydrogen-bond donors (Lipinski definition) is 0. The number of carbonyl (C=O) groups excluding carboxylic acids is 1. The zero-order valence-electron chi connectivity index (χ0n) is 21.9. The Morgan fingerprint density at radius 3 is 1.38 bits per heavy atom. The van der Waals surface area contributed by atoms with E-state index in [1.165, 1.54) is 26.4 Å². The van der Waals surface area contributed by atoms with Crippen LogP contribution < -0.4 is 28.7 Å². The molecule has 13 heteroatoms. The first-order valence-electron chi connectivity index (χ1n) is 12.2. The summed E-state index contributed by atoms with van der Waals surface area (Å²) in [7, 11) is 2.60. The van der Waals surface area contributed by atoms with Crippen LogP contribution in [0.1, 0.15) is 22.3 Å². The Hall–Kier alpha value is -5.21. The molecule has 0 N–H and O–H groups in total. The van der Waals surface area contributed by atoms with Gasteiger partial charge in [0.2, 0.25) is 0 Å². The molecule has 0 amide bonds. The van der Waals surface area contributed by atoms with Crippen molar-refractivity contribution in [2.24, 2.45) is 0 Å². The molecule has 2 aliphatic heterocycles. The van der Waals surface area contributed by atoms with Crippen molar-refractivity contribution in [1.82, 2.24) is 0 Å². The van der Waals surface area contributed by atoms with Gasteiger partial charge in [-0.2, -0.15) is 21.0 Å². The van der Waals surface area contributed by atoms with Crippen LogP contribution in [0.4, 0.5) is 16.2 Å². The van der Waals surface area contributed by atoms with Crippen molar-refractivity contribution in [2.75, 3.05) is 76.6 Å². The number of rotatable bonds is 6. The van der Waals surface area contributed by atoms with Gasteiger partial charge in [0.25, 0.3) is 0 Å². The van der Waals surface area contributed by atoms with Crippen LogP contribution >= 0.6 is 0 Å². The number of nitrogens with zero attached hydrogens (tertiary/aromatic N) is 6. The molecule has 2 aromatic rings. The first-order valence-corrected chi connectivity index (χ1v) is 12.2. The highest BCUT2D eigenvalue weighted by atomic mass is 16.7. The lowest BCUT2D eigenvalue weighted by Gasteiger charge is -2.31. The van der Waals surface area contributed by atoms with Crippen molar-refractivity contribution < 1.29 is 33.2 Å². The molecular formula is C27H24N6O7. The minimum atomic E-state index is -1.29. The number of methoxy groups -OCH3 is 2. The molecule has 0 aliphatic carbocycles. The molecule has 40 heavy (non-hydrogen) atoms. The maximum Gasteiger partial charge on any atom is 0.519 e. The standard InChI is InChI=1S/C27H24N6O7/c1-35-21-11-17(13-28)23(32-3-7-37-8-4-32)19(15-30)25(21)39-27(34)40-26-20(16-31)24(33-5-9-38-10-6-33)18(14-29)12-22(26)36-2/h11-12H,3-10H2,1-2H3. The largest absolute Gasteiger partial charge is 0.519 e. The minimum absolute atomic E-state index is 0.0386. The topological polar surface area (TPSA) is 174 Å². The van der Waals surface area contributed by atoms with Crippen molar-refractivity contribution in [3.05, 3.63) is 34.4 Å². The minimum Gasteiger partial charge on any atom is -0.493 e. The van der Waals surface area contributed by atoms with E-state index >= 15 is 0 Å². The van der Waals surface area contributed by atoms with Crippen LogP contribution in [0.2, 0.25) is 0 Å². The van der Waals surface area contributed by atoms with Crippen LogP contribution in [-0.4, -0.2) is 73.0 Å². The van der Waals surface area contributed by atoms with E-state index in [-0.39, 0.29) is 56.6 Å². The lowest BCUT2D eigenvalue weighted by atomic mass is 10.0. The number of carbonyl (C=O) groups is 1. The van der Waals surface area contributed by atoms with Gasteiger partial charge >= 0.3 is 6.16 Å². The van der Waals surface area contributed by atoms with Crippen molar-refractivity contribution in [3.63, 3.8) is 0 Å². The number of anilines is 2. The maximum atomic E-state index is 13.2. The second kappa shape index (κ2) is 12.6. The summed E-state index contributed by atoms with van der Waals surface area (Å²) in [6.07, 6.45) is -1.29. The third kappa shape index (κ3) is 5.34. The summed E-state index contributed by atoms with van der Waals surface area (Å²) in [6, 6.07) is 10.9. The first-order chi connectivity index (χ1) is 19.5. The van der Waals surface area contributed by atoms with Crippen LogP contribution in [0.15, 0.2) is 12.1 Å². The van der Waals surface area contributed by atoms with E-state index in [0.717, 1.165) is 0 Å². The van der Waals surface area contributed by atoms with Gasteiger partial charge < -0.3 is 38.2 Å². The number of morpholine rings is 2. The Morgan fingerprint density at radius 2 is 1.07 bits per heavy atom. The van der Waals surface area contributed by atoms with E-state index in [1.807, 2.05) is 12.1 Å². The van der Waals surface area contributed by atoms with Crippen molar-refractivity contribution in [1.29, 1.82) is 21.0 Å². The Morgan fingerprint density at radius 1 is 0.700 bits per heavy atom. The van der Waals surface area contributed by atoms with E-state index < -0.39 is 6.16 Å². The van der Waals surface area contributed by atoms with Gasteiger partial charge in [-0.1, -0.05) is 0 Å². The number of hydrogen-bond acceptors (Lipinski definition) is 13. The molecular weight excluding hydrogens is 520 g/mol. The molecule has 0 aromatic heterocycles. The van der Waals surface area contributed by atoms with Gasteiger partial charge in [0.05, 0.1) is 63.1 Å². The second-order valence-corrected chi connectivity index (χ2v) is 8.46. The van der Waals surface area contributed by atoms with Gasteiger partial charge in [-0.25, -0.2) is 4.79 Å². The third-order valence-corrected chi connectivity index (χ3v) is 6.37. The molecule has 0 saturated carbocycles. The predicted octanol–water partition coefficient (Wildman–Crippen LogP) is 2.44. The fraction of sp³-hybridized carbons (Fsp3) is 0.370. The molecule has 4 rings (SSSR count). The maximum absolute atomic E-state index is 13.2. The Bertz CT molecular complexity index is 1360. The lowest BCUT2D eigenvalue weighted by Crippen LogP contribution is -2.37. The van der Waals surface area contributed by atoms with Crippen molar-refractivity contribution in [3.8, 4) is 47.3 Å². The van der Waals surface area contributed by atoms with E-state index in [2.05, 4.69) is 12.1 Å². The monoisotopic (exact) mass is 544 g/mol. The van der Waals surface area contributed by atoms with Gasteiger partial charge in [0.1, 0.15) is 35.4 Å². The van der Waals surface area contributed by atoms with Gasteiger partial charge in [0, 0.05) is 38.3 Å². The molecule has 0 radical (unpaired) electrons. The summed E-state index contributed by atoms with van der Waals surface area (Å²) in [4.78, 5) is 16.8. The molecule has 0 bridgehead atoms. The normalized spacial score (nSPS) is 14.7. The molecule has 0 atom stereocenters. The Balaban J connectivity index is 1.76. The molecule has 0 unspecified atom stereocenters. The number of benzene rings is 2. The van der Waals surface area contributed by atoms with Gasteiger partial charge in [-0.05, 0) is 0 Å². The van der Waals surface area contributed by atoms with Crippen molar-refractivity contribution in [2.45, 2.75) is 0 Å². The predicted molar refractivity (Wildman–Crippen MR) is 138 cm³/mol. The lowest BCUT2D eigenvalue weighted by molar-refractivity contribution is 0.122. The molecule has 2 aliphatic rings. The first kappa shape index (κ1) is 27.8. The molecule has 204 valence electrons. The summed E-state index contributed by atoms with van der Waals surface area (Å²) >= 11 is 0. The zero-order chi connectivity index (χ0) is 28.6. The van der Waals surface area contributed by atoms with Crippen LogP contribution in [0.3, 0.4) is 0 Å². The van der Waals surface area contributed by atoms with E-state index in [1.54, 1.807) is 9.80 Å². The van der Waals surface area contributed by atoms with E-state index in [0.29, 0.717) is 52.6 Å². The molecule has 2 aromatic carbocycles. The summed E-state index contributed by atoms with van der Waals surface area (Å²) in [5.74, 6) is -0.586. The fourth-order valence-corrected chi connectivity index (χ4v) is 4.56. The highest BCUT2D eigenvalue weighted by Crippen LogP contribution is 2.43. The van der Waals surface area contributed by atoms with Crippen LogP contribution in [0.25, 0.3) is 0 Å². The highest BCUT2D eigenvalue weighted by Gasteiger charge is 2.30. The van der Waals surface area contributed by atoms with E-state index in [9.17, 15) is 25.8 Å². The quantitative estimate of drug-likeness (QED) is 0.383. The Kier molecular flexibility index (Phi) is 8.73. The summed E-state index contributed by atoms with van der Waals surface area (Å²) in [5.41, 5.74) is 0.672. The zero-order valence-corrected chi connectivity index (χ0v) is 21.9.